The Morgan fingerprint density at radius 2 is 1.86 bits per heavy atom. The zero-order valence-corrected chi connectivity index (χ0v) is 12.7. The SMILES string of the molecule is CC(NC(=O)CNC(=O)Cc1ccccc1)c1cccs1. The number of hydrogen-bond acceptors (Lipinski definition) is 3. The minimum Gasteiger partial charge on any atom is -0.347 e. The summed E-state index contributed by atoms with van der Waals surface area (Å²) in [5.41, 5.74) is 0.933. The van der Waals surface area contributed by atoms with Gasteiger partial charge in [0, 0.05) is 4.88 Å². The van der Waals surface area contributed by atoms with E-state index in [9.17, 15) is 9.59 Å². The molecule has 0 radical (unpaired) electrons. The Morgan fingerprint density at radius 3 is 2.52 bits per heavy atom. The van der Waals surface area contributed by atoms with E-state index in [4.69, 9.17) is 0 Å². The van der Waals surface area contributed by atoms with Gasteiger partial charge in [0.15, 0.2) is 0 Å². The minimum absolute atomic E-state index is 0.00137. The normalized spacial score (nSPS) is 11.7. The van der Waals surface area contributed by atoms with E-state index in [1.165, 1.54) is 0 Å². The van der Waals surface area contributed by atoms with Crippen molar-refractivity contribution in [2.45, 2.75) is 19.4 Å². The second kappa shape index (κ2) is 7.59. The highest BCUT2D eigenvalue weighted by molar-refractivity contribution is 7.10. The maximum absolute atomic E-state index is 11.8. The molecule has 1 atom stereocenters. The summed E-state index contributed by atoms with van der Waals surface area (Å²) in [6, 6.07) is 13.3. The molecule has 1 aromatic carbocycles. The van der Waals surface area contributed by atoms with Crippen molar-refractivity contribution in [1.82, 2.24) is 10.6 Å². The van der Waals surface area contributed by atoms with Crippen LogP contribution in [0.2, 0.25) is 0 Å². The van der Waals surface area contributed by atoms with Gasteiger partial charge in [0.2, 0.25) is 11.8 Å². The van der Waals surface area contributed by atoms with Crippen LogP contribution in [0.15, 0.2) is 47.8 Å². The largest absolute Gasteiger partial charge is 0.347 e. The lowest BCUT2D eigenvalue weighted by Gasteiger charge is -2.12. The number of benzene rings is 1. The van der Waals surface area contributed by atoms with Gasteiger partial charge in [-0.1, -0.05) is 36.4 Å². The first-order chi connectivity index (χ1) is 10.1. The predicted molar refractivity (Wildman–Crippen MR) is 84.0 cm³/mol. The molecule has 2 N–H and O–H groups in total. The van der Waals surface area contributed by atoms with Crippen molar-refractivity contribution in [3.63, 3.8) is 0 Å². The van der Waals surface area contributed by atoms with Crippen LogP contribution in [-0.2, 0) is 16.0 Å². The van der Waals surface area contributed by atoms with Crippen LogP contribution < -0.4 is 10.6 Å². The van der Waals surface area contributed by atoms with Crippen molar-refractivity contribution >= 4 is 23.2 Å². The predicted octanol–water partition coefficient (Wildman–Crippen LogP) is 2.28. The fraction of sp³-hybridized carbons (Fsp3) is 0.250. The third kappa shape index (κ3) is 5.04. The number of rotatable bonds is 6. The van der Waals surface area contributed by atoms with Crippen LogP contribution in [0.25, 0.3) is 0 Å². The summed E-state index contributed by atoms with van der Waals surface area (Å²) < 4.78 is 0. The summed E-state index contributed by atoms with van der Waals surface area (Å²) in [5.74, 6) is -0.336. The number of hydrogen-bond donors (Lipinski definition) is 2. The van der Waals surface area contributed by atoms with Crippen molar-refractivity contribution in [2.75, 3.05) is 6.54 Å². The number of thiophene rings is 1. The van der Waals surface area contributed by atoms with Crippen LogP contribution >= 0.6 is 11.3 Å². The zero-order chi connectivity index (χ0) is 15.1. The molecule has 0 saturated heterocycles. The van der Waals surface area contributed by atoms with Gasteiger partial charge in [0.1, 0.15) is 0 Å². The molecule has 0 bridgehead atoms. The Morgan fingerprint density at radius 1 is 1.10 bits per heavy atom. The number of amides is 2. The van der Waals surface area contributed by atoms with Crippen LogP contribution in [0.5, 0.6) is 0 Å². The van der Waals surface area contributed by atoms with Gasteiger partial charge in [-0.15, -0.1) is 11.3 Å². The van der Waals surface area contributed by atoms with Crippen molar-refractivity contribution < 1.29 is 9.59 Å². The van der Waals surface area contributed by atoms with Crippen molar-refractivity contribution in [2.24, 2.45) is 0 Å². The summed E-state index contributed by atoms with van der Waals surface area (Å²) in [4.78, 5) is 24.6. The van der Waals surface area contributed by atoms with Gasteiger partial charge >= 0.3 is 0 Å². The lowest BCUT2D eigenvalue weighted by molar-refractivity contribution is -0.126. The molecule has 1 unspecified atom stereocenters. The summed E-state index contributed by atoms with van der Waals surface area (Å²) in [6.07, 6.45) is 0.286. The molecular formula is C16H18N2O2S. The molecule has 0 aliphatic heterocycles. The lowest BCUT2D eigenvalue weighted by Crippen LogP contribution is -2.38. The average Bonchev–Trinajstić information content (AvgIpc) is 3.00. The first-order valence-corrected chi connectivity index (χ1v) is 7.66. The Bertz CT molecular complexity index is 582. The lowest BCUT2D eigenvalue weighted by atomic mass is 10.1. The molecule has 4 nitrogen and oxygen atoms in total. The van der Waals surface area contributed by atoms with Crippen molar-refractivity contribution in [3.05, 3.63) is 58.3 Å². The molecule has 0 saturated carbocycles. The second-order valence-corrected chi connectivity index (χ2v) is 5.72. The van der Waals surface area contributed by atoms with Crippen LogP contribution in [0.3, 0.4) is 0 Å². The highest BCUT2D eigenvalue weighted by atomic mass is 32.1. The highest BCUT2D eigenvalue weighted by Gasteiger charge is 2.11. The Balaban J connectivity index is 1.72. The van der Waals surface area contributed by atoms with E-state index in [1.54, 1.807) is 11.3 Å². The summed E-state index contributed by atoms with van der Waals surface area (Å²) >= 11 is 1.60. The maximum Gasteiger partial charge on any atom is 0.239 e. The van der Waals surface area contributed by atoms with E-state index in [-0.39, 0.29) is 30.8 Å². The molecule has 110 valence electrons. The van der Waals surface area contributed by atoms with E-state index < -0.39 is 0 Å². The monoisotopic (exact) mass is 302 g/mol. The quantitative estimate of drug-likeness (QED) is 0.860. The number of nitrogens with one attached hydrogen (secondary N) is 2. The Hall–Kier alpha value is -2.14. The molecule has 1 heterocycles. The van der Waals surface area contributed by atoms with Gasteiger partial charge in [-0.3, -0.25) is 9.59 Å². The summed E-state index contributed by atoms with van der Waals surface area (Å²) in [7, 11) is 0. The smallest absolute Gasteiger partial charge is 0.239 e. The highest BCUT2D eigenvalue weighted by Crippen LogP contribution is 2.17. The van der Waals surface area contributed by atoms with E-state index >= 15 is 0 Å². The second-order valence-electron chi connectivity index (χ2n) is 4.74. The maximum atomic E-state index is 11.8. The fourth-order valence-electron chi connectivity index (χ4n) is 1.92. The summed E-state index contributed by atoms with van der Waals surface area (Å²) in [6.45, 7) is 1.93. The molecule has 21 heavy (non-hydrogen) atoms. The standard InChI is InChI=1S/C16H18N2O2S/c1-12(14-8-5-9-21-14)18-16(20)11-17-15(19)10-13-6-3-2-4-7-13/h2-9,12H,10-11H2,1H3,(H,17,19)(H,18,20). The minimum atomic E-state index is -0.183. The topological polar surface area (TPSA) is 58.2 Å². The zero-order valence-electron chi connectivity index (χ0n) is 11.8. The molecule has 0 aliphatic carbocycles. The molecule has 2 rings (SSSR count). The molecule has 2 aromatic rings. The first-order valence-electron chi connectivity index (χ1n) is 6.78. The Kier molecular flexibility index (Phi) is 5.51. The number of carbonyl (C=O) groups excluding carboxylic acids is 2. The molecule has 0 spiro atoms. The van der Waals surface area contributed by atoms with E-state index in [2.05, 4.69) is 10.6 Å². The molecule has 0 aliphatic rings. The van der Waals surface area contributed by atoms with Crippen LogP contribution in [0.4, 0.5) is 0 Å². The van der Waals surface area contributed by atoms with Crippen molar-refractivity contribution in [3.8, 4) is 0 Å². The van der Waals surface area contributed by atoms with Crippen LogP contribution in [-0.4, -0.2) is 18.4 Å². The number of carbonyl (C=O) groups is 2. The van der Waals surface area contributed by atoms with E-state index in [1.807, 2.05) is 54.8 Å². The van der Waals surface area contributed by atoms with Gasteiger partial charge in [-0.2, -0.15) is 0 Å². The molecular weight excluding hydrogens is 284 g/mol. The third-order valence-electron chi connectivity index (χ3n) is 3.00. The molecule has 0 fully saturated rings. The van der Waals surface area contributed by atoms with E-state index in [0.29, 0.717) is 0 Å². The van der Waals surface area contributed by atoms with Gasteiger partial charge in [-0.05, 0) is 23.9 Å². The average molecular weight is 302 g/mol. The summed E-state index contributed by atoms with van der Waals surface area (Å²) in [5, 5.41) is 7.46. The fourth-order valence-corrected chi connectivity index (χ4v) is 2.66. The Labute approximate surface area is 128 Å². The van der Waals surface area contributed by atoms with Gasteiger partial charge in [0.05, 0.1) is 19.0 Å². The van der Waals surface area contributed by atoms with Gasteiger partial charge in [-0.25, -0.2) is 0 Å². The van der Waals surface area contributed by atoms with Gasteiger partial charge < -0.3 is 10.6 Å². The third-order valence-corrected chi connectivity index (χ3v) is 4.06. The molecule has 5 heteroatoms. The molecule has 1 aromatic heterocycles. The first kappa shape index (κ1) is 15.3. The molecule has 2 amide bonds. The van der Waals surface area contributed by atoms with Gasteiger partial charge in [0.25, 0.3) is 0 Å². The van der Waals surface area contributed by atoms with Crippen LogP contribution in [0.1, 0.15) is 23.4 Å². The van der Waals surface area contributed by atoms with Crippen LogP contribution in [0, 0.1) is 0 Å². The van der Waals surface area contributed by atoms with Crippen molar-refractivity contribution in [1.29, 1.82) is 0 Å². The van der Waals surface area contributed by atoms with E-state index in [0.717, 1.165) is 10.4 Å².